The number of hydrogen-bond donors (Lipinski definition) is 2. The number of nitrogens with one attached hydrogen (secondary N) is 2. The molecule has 0 fully saturated rings. The van der Waals surface area contributed by atoms with E-state index in [1.807, 2.05) is 35.7 Å². The zero-order chi connectivity index (χ0) is 24.2. The second-order valence-electron chi connectivity index (χ2n) is 7.67. The van der Waals surface area contributed by atoms with Crippen molar-refractivity contribution in [1.29, 1.82) is 0 Å². The Labute approximate surface area is 205 Å². The van der Waals surface area contributed by atoms with Gasteiger partial charge in [0, 0.05) is 29.2 Å². The van der Waals surface area contributed by atoms with Crippen molar-refractivity contribution in [2.45, 2.75) is 26.7 Å². The number of carbonyl (C=O) groups excluding carboxylic acids is 2. The van der Waals surface area contributed by atoms with Crippen molar-refractivity contribution < 1.29 is 9.59 Å². The summed E-state index contributed by atoms with van der Waals surface area (Å²) < 4.78 is 0. The lowest BCUT2D eigenvalue weighted by Gasteiger charge is -2.23. The first-order chi connectivity index (χ1) is 16.6. The number of rotatable bonds is 11. The van der Waals surface area contributed by atoms with Crippen LogP contribution in [0.4, 0.5) is 5.69 Å². The summed E-state index contributed by atoms with van der Waals surface area (Å²) in [7, 11) is 0. The van der Waals surface area contributed by atoms with Gasteiger partial charge in [-0.15, -0.1) is 11.3 Å². The number of hydrazone groups is 1. The SMILES string of the molecule is CCCN(CCC)c1ccc(/C=N/NC(=O)/C(=C\c2cccs2)NC(=O)c2ccccc2)cc1. The number of amides is 2. The van der Waals surface area contributed by atoms with Crippen LogP contribution in [0.1, 0.15) is 47.5 Å². The van der Waals surface area contributed by atoms with Crippen LogP contribution in [0.5, 0.6) is 0 Å². The minimum Gasteiger partial charge on any atom is -0.372 e. The van der Waals surface area contributed by atoms with Crippen molar-refractivity contribution in [3.8, 4) is 0 Å². The van der Waals surface area contributed by atoms with Crippen LogP contribution < -0.4 is 15.6 Å². The average Bonchev–Trinajstić information content (AvgIpc) is 3.37. The average molecular weight is 475 g/mol. The van der Waals surface area contributed by atoms with E-state index in [-0.39, 0.29) is 11.6 Å². The molecule has 1 heterocycles. The van der Waals surface area contributed by atoms with Crippen LogP contribution in [0.3, 0.4) is 0 Å². The molecule has 0 aliphatic rings. The number of thiophene rings is 1. The summed E-state index contributed by atoms with van der Waals surface area (Å²) in [5, 5.41) is 8.70. The first-order valence-corrected chi connectivity index (χ1v) is 12.3. The Hall–Kier alpha value is -3.71. The highest BCUT2D eigenvalue weighted by Crippen LogP contribution is 2.16. The molecular weight excluding hydrogens is 444 g/mol. The quantitative estimate of drug-likeness (QED) is 0.225. The van der Waals surface area contributed by atoms with Crippen LogP contribution in [0.15, 0.2) is 82.9 Å². The van der Waals surface area contributed by atoms with Crippen LogP contribution in [0, 0.1) is 0 Å². The summed E-state index contributed by atoms with van der Waals surface area (Å²) in [6, 6.07) is 20.6. The highest BCUT2D eigenvalue weighted by Gasteiger charge is 2.14. The van der Waals surface area contributed by atoms with Gasteiger partial charge in [0.15, 0.2) is 0 Å². The van der Waals surface area contributed by atoms with E-state index in [1.165, 1.54) is 17.0 Å². The van der Waals surface area contributed by atoms with E-state index in [0.29, 0.717) is 5.56 Å². The van der Waals surface area contributed by atoms with Crippen LogP contribution in [0.25, 0.3) is 6.08 Å². The maximum atomic E-state index is 12.8. The molecule has 0 saturated heterocycles. The fourth-order valence-electron chi connectivity index (χ4n) is 3.36. The normalized spacial score (nSPS) is 11.4. The van der Waals surface area contributed by atoms with E-state index in [2.05, 4.69) is 46.7 Å². The fourth-order valence-corrected chi connectivity index (χ4v) is 4.02. The Kier molecular flexibility index (Phi) is 9.61. The van der Waals surface area contributed by atoms with E-state index in [0.717, 1.165) is 36.4 Å². The zero-order valence-electron chi connectivity index (χ0n) is 19.5. The molecule has 0 unspecified atom stereocenters. The van der Waals surface area contributed by atoms with Crippen molar-refractivity contribution in [3.63, 3.8) is 0 Å². The van der Waals surface area contributed by atoms with E-state index >= 15 is 0 Å². The number of hydrogen-bond acceptors (Lipinski definition) is 5. The Morgan fingerprint density at radius 2 is 1.65 bits per heavy atom. The summed E-state index contributed by atoms with van der Waals surface area (Å²) >= 11 is 1.47. The van der Waals surface area contributed by atoms with Gasteiger partial charge in [0.1, 0.15) is 5.70 Å². The summed E-state index contributed by atoms with van der Waals surface area (Å²) in [6.07, 6.45) is 5.42. The Bertz CT molecular complexity index is 1100. The monoisotopic (exact) mass is 474 g/mol. The fraction of sp³-hybridized carbons (Fsp3) is 0.222. The van der Waals surface area contributed by atoms with Crippen LogP contribution in [0.2, 0.25) is 0 Å². The molecule has 176 valence electrons. The molecule has 3 aromatic rings. The molecule has 0 bridgehead atoms. The van der Waals surface area contributed by atoms with E-state index in [9.17, 15) is 9.59 Å². The van der Waals surface area contributed by atoms with Crippen molar-refractivity contribution >= 4 is 41.1 Å². The van der Waals surface area contributed by atoms with Gasteiger partial charge in [-0.05, 0) is 60.2 Å². The Balaban J connectivity index is 1.67. The molecule has 0 aliphatic carbocycles. The van der Waals surface area contributed by atoms with E-state index < -0.39 is 5.91 Å². The molecule has 0 saturated carbocycles. The molecule has 2 aromatic carbocycles. The number of benzene rings is 2. The van der Waals surface area contributed by atoms with Gasteiger partial charge in [0.25, 0.3) is 11.8 Å². The second kappa shape index (κ2) is 13.1. The maximum absolute atomic E-state index is 12.8. The van der Waals surface area contributed by atoms with Crippen molar-refractivity contribution in [1.82, 2.24) is 10.7 Å². The molecule has 1 aromatic heterocycles. The van der Waals surface area contributed by atoms with Crippen molar-refractivity contribution in [2.24, 2.45) is 5.10 Å². The predicted molar refractivity (Wildman–Crippen MR) is 141 cm³/mol. The molecular formula is C27H30N4O2S. The summed E-state index contributed by atoms with van der Waals surface area (Å²) in [5.41, 5.74) is 5.16. The van der Waals surface area contributed by atoms with Crippen LogP contribution in [-0.4, -0.2) is 31.1 Å². The topological polar surface area (TPSA) is 73.8 Å². The van der Waals surface area contributed by atoms with E-state index in [4.69, 9.17) is 0 Å². The van der Waals surface area contributed by atoms with Crippen LogP contribution >= 0.6 is 11.3 Å². The Morgan fingerprint density at radius 3 is 2.26 bits per heavy atom. The first kappa shape index (κ1) is 24.9. The maximum Gasteiger partial charge on any atom is 0.287 e. The number of nitrogens with zero attached hydrogens (tertiary/aromatic N) is 2. The molecule has 2 N–H and O–H groups in total. The van der Waals surface area contributed by atoms with Gasteiger partial charge in [-0.25, -0.2) is 5.43 Å². The summed E-state index contributed by atoms with van der Waals surface area (Å²) in [5.74, 6) is -0.857. The standard InChI is InChI=1S/C27H30N4O2S/c1-3-16-31(17-4-2)23-14-12-21(13-15-23)20-28-30-27(33)25(19-24-11-8-18-34-24)29-26(32)22-9-6-5-7-10-22/h5-15,18-20H,3-4,16-17H2,1-2H3,(H,29,32)(H,30,33)/b25-19+,28-20+. The predicted octanol–water partition coefficient (Wildman–Crippen LogP) is 5.30. The molecule has 2 amide bonds. The third kappa shape index (κ3) is 7.42. The van der Waals surface area contributed by atoms with E-state index in [1.54, 1.807) is 36.6 Å². The van der Waals surface area contributed by atoms with Gasteiger partial charge >= 0.3 is 0 Å². The smallest absolute Gasteiger partial charge is 0.287 e. The lowest BCUT2D eigenvalue weighted by Crippen LogP contribution is -2.32. The molecule has 0 atom stereocenters. The molecule has 34 heavy (non-hydrogen) atoms. The zero-order valence-corrected chi connectivity index (χ0v) is 20.3. The summed E-state index contributed by atoms with van der Waals surface area (Å²) in [4.78, 5) is 28.6. The summed E-state index contributed by atoms with van der Waals surface area (Å²) in [6.45, 7) is 6.39. The molecule has 0 radical (unpaired) electrons. The number of anilines is 1. The molecule has 0 spiro atoms. The number of carbonyl (C=O) groups is 2. The molecule has 3 rings (SSSR count). The molecule has 0 aliphatic heterocycles. The molecule has 6 nitrogen and oxygen atoms in total. The van der Waals surface area contributed by atoms with Gasteiger partial charge in [0.2, 0.25) is 0 Å². The highest BCUT2D eigenvalue weighted by atomic mass is 32.1. The van der Waals surface area contributed by atoms with Gasteiger partial charge in [-0.3, -0.25) is 9.59 Å². The lowest BCUT2D eigenvalue weighted by atomic mass is 10.2. The minimum atomic E-state index is -0.498. The molecule has 7 heteroatoms. The van der Waals surface area contributed by atoms with Gasteiger partial charge in [0.05, 0.1) is 6.21 Å². The largest absolute Gasteiger partial charge is 0.372 e. The van der Waals surface area contributed by atoms with Crippen LogP contribution in [-0.2, 0) is 4.79 Å². The highest BCUT2D eigenvalue weighted by molar-refractivity contribution is 7.10. The minimum absolute atomic E-state index is 0.124. The lowest BCUT2D eigenvalue weighted by molar-refractivity contribution is -0.117. The Morgan fingerprint density at radius 1 is 0.941 bits per heavy atom. The first-order valence-electron chi connectivity index (χ1n) is 11.4. The van der Waals surface area contributed by atoms with Gasteiger partial charge < -0.3 is 10.2 Å². The van der Waals surface area contributed by atoms with Gasteiger partial charge in [-0.1, -0.05) is 50.2 Å². The third-order valence-corrected chi connectivity index (χ3v) is 5.80. The third-order valence-electron chi connectivity index (χ3n) is 4.98. The second-order valence-corrected chi connectivity index (χ2v) is 8.65. The van der Waals surface area contributed by atoms with Gasteiger partial charge in [-0.2, -0.15) is 5.10 Å². The van der Waals surface area contributed by atoms with Crippen molar-refractivity contribution in [2.75, 3.05) is 18.0 Å². The van der Waals surface area contributed by atoms with Crippen molar-refractivity contribution in [3.05, 3.63) is 93.8 Å².